The van der Waals surface area contributed by atoms with Gasteiger partial charge in [-0.2, -0.15) is 13.2 Å². The Morgan fingerprint density at radius 2 is 1.73 bits per heavy atom. The number of thiophene rings is 1. The van der Waals surface area contributed by atoms with Crippen LogP contribution < -0.4 is 4.74 Å². The van der Waals surface area contributed by atoms with Gasteiger partial charge in [-0.05, 0) is 47.6 Å². The molecular weight excluding hydrogens is 449 g/mol. The van der Waals surface area contributed by atoms with Crippen molar-refractivity contribution in [3.8, 4) is 16.2 Å². The van der Waals surface area contributed by atoms with E-state index in [9.17, 15) is 18.0 Å². The molecule has 3 rings (SSSR count). The summed E-state index contributed by atoms with van der Waals surface area (Å²) in [6, 6.07) is 17.6. The molecule has 0 aliphatic carbocycles. The second-order valence-corrected chi connectivity index (χ2v) is 9.92. The third-order valence-corrected chi connectivity index (χ3v) is 6.39. The number of hydrogen-bond acceptors (Lipinski definition) is 4. The lowest BCUT2D eigenvalue weighted by molar-refractivity contribution is -0.162. The second kappa shape index (κ2) is 11.1. The summed E-state index contributed by atoms with van der Waals surface area (Å²) >= 11 is 1.60. The first kappa shape index (κ1) is 25.1. The van der Waals surface area contributed by atoms with E-state index >= 15 is 0 Å². The zero-order valence-electron chi connectivity index (χ0n) is 19.0. The third kappa shape index (κ3) is 7.77. The molecule has 0 aliphatic heterocycles. The maximum atomic E-state index is 13.1. The van der Waals surface area contributed by atoms with E-state index in [0.29, 0.717) is 18.1 Å². The van der Waals surface area contributed by atoms with Crippen molar-refractivity contribution in [3.05, 3.63) is 54.6 Å². The molecule has 0 saturated carbocycles. The average Bonchev–Trinajstić information content (AvgIpc) is 3.18. The van der Waals surface area contributed by atoms with Gasteiger partial charge in [0, 0.05) is 15.5 Å². The molecule has 7 heteroatoms. The summed E-state index contributed by atoms with van der Waals surface area (Å²) < 4.78 is 51.1. The fourth-order valence-corrected chi connectivity index (χ4v) is 4.80. The van der Waals surface area contributed by atoms with Gasteiger partial charge in [0.15, 0.2) is 0 Å². The lowest BCUT2D eigenvalue weighted by Gasteiger charge is -2.21. The van der Waals surface area contributed by atoms with Crippen LogP contribution >= 0.6 is 11.3 Å². The van der Waals surface area contributed by atoms with Crippen LogP contribution in [0, 0.1) is 17.8 Å². The van der Waals surface area contributed by atoms with Crippen molar-refractivity contribution in [1.82, 2.24) is 0 Å². The maximum absolute atomic E-state index is 13.1. The monoisotopic (exact) mass is 478 g/mol. The minimum atomic E-state index is -4.37. The molecular formula is C26H29F3O3S. The molecule has 0 radical (unpaired) electrons. The normalized spacial score (nSPS) is 13.8. The Labute approximate surface area is 196 Å². The largest absolute Gasteiger partial charge is 0.493 e. The number of benzene rings is 2. The fourth-order valence-electron chi connectivity index (χ4n) is 3.70. The van der Waals surface area contributed by atoms with Crippen LogP contribution in [0.5, 0.6) is 5.75 Å². The second-order valence-electron chi connectivity index (χ2n) is 8.83. The fraction of sp³-hybridized carbons (Fsp3) is 0.423. The smallest absolute Gasteiger partial charge is 0.389 e. The molecule has 2 atom stereocenters. The molecule has 0 bridgehead atoms. The topological polar surface area (TPSA) is 35.5 Å². The SMILES string of the molecule is CC(C)CC(C)C(=O)OCC(COc1ccc2cc(-c3ccccc3)sc2c1)CC(F)(F)F. The first-order valence-corrected chi connectivity index (χ1v) is 11.9. The molecule has 0 fully saturated rings. The summed E-state index contributed by atoms with van der Waals surface area (Å²) in [4.78, 5) is 13.3. The van der Waals surface area contributed by atoms with Gasteiger partial charge in [-0.25, -0.2) is 0 Å². The standard InChI is InChI=1S/C26H29F3O3S/c1-17(2)11-18(3)25(30)32-16-19(14-26(27,28)29)15-31-22-10-9-21-12-23(33-24(21)13-22)20-7-5-4-6-8-20/h4-10,12-13,17-19H,11,14-16H2,1-3H3. The predicted octanol–water partition coefficient (Wildman–Crippen LogP) is 7.74. The molecule has 33 heavy (non-hydrogen) atoms. The van der Waals surface area contributed by atoms with E-state index in [-0.39, 0.29) is 19.1 Å². The first-order chi connectivity index (χ1) is 15.6. The zero-order chi connectivity index (χ0) is 24.0. The third-order valence-electron chi connectivity index (χ3n) is 5.24. The van der Waals surface area contributed by atoms with Crippen molar-refractivity contribution in [2.75, 3.05) is 13.2 Å². The Hall–Kier alpha value is -2.54. The Balaban J connectivity index is 1.64. The van der Waals surface area contributed by atoms with Crippen molar-refractivity contribution in [2.45, 2.75) is 39.8 Å². The Morgan fingerprint density at radius 3 is 2.39 bits per heavy atom. The van der Waals surface area contributed by atoms with E-state index in [1.165, 1.54) is 0 Å². The van der Waals surface area contributed by atoms with Gasteiger partial charge in [0.1, 0.15) is 5.75 Å². The molecule has 0 spiro atoms. The van der Waals surface area contributed by atoms with Crippen LogP contribution in [0.25, 0.3) is 20.5 Å². The highest BCUT2D eigenvalue weighted by atomic mass is 32.1. The van der Waals surface area contributed by atoms with Crippen molar-refractivity contribution in [3.63, 3.8) is 0 Å². The zero-order valence-corrected chi connectivity index (χ0v) is 19.8. The molecule has 1 aromatic heterocycles. The van der Waals surface area contributed by atoms with Crippen molar-refractivity contribution < 1.29 is 27.4 Å². The summed E-state index contributed by atoms with van der Waals surface area (Å²) in [7, 11) is 0. The van der Waals surface area contributed by atoms with E-state index in [4.69, 9.17) is 9.47 Å². The van der Waals surface area contributed by atoms with Crippen molar-refractivity contribution >= 4 is 27.4 Å². The average molecular weight is 479 g/mol. The van der Waals surface area contributed by atoms with E-state index in [0.717, 1.165) is 20.5 Å². The van der Waals surface area contributed by atoms with Gasteiger partial charge in [0.05, 0.1) is 25.6 Å². The molecule has 178 valence electrons. The molecule has 2 aromatic carbocycles. The number of fused-ring (bicyclic) bond motifs is 1. The molecule has 0 amide bonds. The first-order valence-electron chi connectivity index (χ1n) is 11.1. The highest BCUT2D eigenvalue weighted by molar-refractivity contribution is 7.22. The number of carbonyl (C=O) groups is 1. The van der Waals surface area contributed by atoms with Crippen molar-refractivity contribution in [1.29, 1.82) is 0 Å². The van der Waals surface area contributed by atoms with Gasteiger partial charge in [-0.1, -0.05) is 51.1 Å². The van der Waals surface area contributed by atoms with Gasteiger partial charge in [0.25, 0.3) is 0 Å². The van der Waals surface area contributed by atoms with E-state index in [2.05, 4.69) is 6.07 Å². The number of halogens is 3. The van der Waals surface area contributed by atoms with Crippen LogP contribution in [0.3, 0.4) is 0 Å². The van der Waals surface area contributed by atoms with Gasteiger partial charge >= 0.3 is 12.1 Å². The van der Waals surface area contributed by atoms with Crippen LogP contribution in [-0.2, 0) is 9.53 Å². The van der Waals surface area contributed by atoms with Crippen molar-refractivity contribution in [2.24, 2.45) is 17.8 Å². The van der Waals surface area contributed by atoms with Gasteiger partial charge < -0.3 is 9.47 Å². The van der Waals surface area contributed by atoms with Gasteiger partial charge in [0.2, 0.25) is 0 Å². The highest BCUT2D eigenvalue weighted by Crippen LogP contribution is 2.35. The predicted molar refractivity (Wildman–Crippen MR) is 126 cm³/mol. The van der Waals surface area contributed by atoms with Gasteiger partial charge in [-0.15, -0.1) is 11.3 Å². The number of esters is 1. The molecule has 2 unspecified atom stereocenters. The maximum Gasteiger partial charge on any atom is 0.389 e. The summed E-state index contributed by atoms with van der Waals surface area (Å²) in [5.74, 6) is -0.993. The molecule has 3 aromatic rings. The molecule has 1 heterocycles. The Bertz CT molecular complexity index is 1040. The Kier molecular flexibility index (Phi) is 8.40. The lowest BCUT2D eigenvalue weighted by atomic mass is 9.99. The van der Waals surface area contributed by atoms with E-state index in [1.54, 1.807) is 24.3 Å². The minimum absolute atomic E-state index is 0.187. The van der Waals surface area contributed by atoms with Gasteiger partial charge in [-0.3, -0.25) is 4.79 Å². The molecule has 3 nitrogen and oxygen atoms in total. The lowest BCUT2D eigenvalue weighted by Crippen LogP contribution is -2.27. The summed E-state index contributed by atoms with van der Waals surface area (Å²) in [5.41, 5.74) is 1.11. The summed E-state index contributed by atoms with van der Waals surface area (Å²) in [6.07, 6.45) is -4.81. The number of carbonyl (C=O) groups excluding carboxylic acids is 1. The summed E-state index contributed by atoms with van der Waals surface area (Å²) in [6.45, 7) is 5.19. The Morgan fingerprint density at radius 1 is 1.00 bits per heavy atom. The molecule has 0 aliphatic rings. The van der Waals surface area contributed by atoms with Crippen LogP contribution in [0.4, 0.5) is 13.2 Å². The highest BCUT2D eigenvalue weighted by Gasteiger charge is 2.33. The molecule has 0 saturated heterocycles. The van der Waals surface area contributed by atoms with E-state index < -0.39 is 24.5 Å². The number of alkyl halides is 3. The number of ether oxygens (including phenoxy) is 2. The quantitative estimate of drug-likeness (QED) is 0.280. The van der Waals surface area contributed by atoms with E-state index in [1.807, 2.05) is 56.3 Å². The number of hydrogen-bond donors (Lipinski definition) is 0. The number of rotatable bonds is 10. The summed E-state index contributed by atoms with van der Waals surface area (Å²) in [5, 5.41) is 1.05. The minimum Gasteiger partial charge on any atom is -0.493 e. The molecule has 0 N–H and O–H groups in total. The van der Waals surface area contributed by atoms with Crippen LogP contribution in [0.1, 0.15) is 33.6 Å². The van der Waals surface area contributed by atoms with Crippen LogP contribution in [0.15, 0.2) is 54.6 Å². The van der Waals surface area contributed by atoms with Crippen LogP contribution in [0.2, 0.25) is 0 Å². The van der Waals surface area contributed by atoms with Crippen LogP contribution in [-0.4, -0.2) is 25.4 Å².